The van der Waals surface area contributed by atoms with E-state index in [0.717, 1.165) is 11.4 Å². The monoisotopic (exact) mass is 254 g/mol. The molecule has 96 valence electrons. The smallest absolute Gasteiger partial charge is 0.0498 e. The lowest BCUT2D eigenvalue weighted by molar-refractivity contribution is 0.168. The molecular weight excluding hydrogens is 232 g/mol. The summed E-state index contributed by atoms with van der Waals surface area (Å²) in [6, 6.07) is 8.86. The molecule has 0 aromatic heterocycles. The first-order chi connectivity index (χ1) is 7.97. The van der Waals surface area contributed by atoms with Gasteiger partial charge in [0.1, 0.15) is 0 Å². The van der Waals surface area contributed by atoms with Crippen LogP contribution < -0.4 is 5.73 Å². The molecule has 3 heteroatoms. The van der Waals surface area contributed by atoms with Crippen molar-refractivity contribution in [3.05, 3.63) is 34.9 Å². The molecule has 0 radical (unpaired) electrons. The van der Waals surface area contributed by atoms with Crippen molar-refractivity contribution in [3.8, 4) is 0 Å². The first kappa shape index (κ1) is 14.5. The number of hydrogen-bond donors (Lipinski definition) is 1. The van der Waals surface area contributed by atoms with Crippen LogP contribution in [0.1, 0.15) is 38.8 Å². The number of likely N-dealkylation sites (N-methyl/N-ethyl adjacent to an activating group) is 1. The lowest BCUT2D eigenvalue weighted by Crippen LogP contribution is -2.41. The third-order valence-electron chi connectivity index (χ3n) is 3.34. The van der Waals surface area contributed by atoms with Crippen LogP contribution in [0.15, 0.2) is 24.3 Å². The highest BCUT2D eigenvalue weighted by atomic mass is 35.5. The summed E-state index contributed by atoms with van der Waals surface area (Å²) in [6.45, 7) is 6.50. The second-order valence-electron chi connectivity index (χ2n) is 4.83. The molecule has 2 unspecified atom stereocenters. The van der Waals surface area contributed by atoms with E-state index in [4.69, 9.17) is 17.3 Å². The highest BCUT2D eigenvalue weighted by Crippen LogP contribution is 2.26. The zero-order valence-electron chi connectivity index (χ0n) is 11.2. The Morgan fingerprint density at radius 3 is 2.18 bits per heavy atom. The molecule has 2 atom stereocenters. The van der Waals surface area contributed by atoms with Gasteiger partial charge in [0.2, 0.25) is 0 Å². The number of benzene rings is 1. The van der Waals surface area contributed by atoms with Gasteiger partial charge in [-0.3, -0.25) is 4.90 Å². The van der Waals surface area contributed by atoms with Crippen molar-refractivity contribution in [2.45, 2.75) is 45.3 Å². The fourth-order valence-corrected chi connectivity index (χ4v) is 2.11. The molecular formula is C14H23ClN2. The summed E-state index contributed by atoms with van der Waals surface area (Å²) in [7, 11) is 2.12. The summed E-state index contributed by atoms with van der Waals surface area (Å²) in [6.07, 6.45) is 0.963. The number of rotatable bonds is 5. The number of nitrogens with two attached hydrogens (primary N) is 1. The summed E-state index contributed by atoms with van der Waals surface area (Å²) in [5.41, 5.74) is 7.49. The largest absolute Gasteiger partial charge is 0.326 e. The van der Waals surface area contributed by atoms with Gasteiger partial charge in [0, 0.05) is 23.1 Å². The Labute approximate surface area is 110 Å². The normalized spacial score (nSPS) is 15.3. The minimum absolute atomic E-state index is 0.142. The van der Waals surface area contributed by atoms with Gasteiger partial charge in [-0.2, -0.15) is 0 Å². The molecule has 0 heterocycles. The van der Waals surface area contributed by atoms with E-state index in [2.05, 4.69) is 44.9 Å². The van der Waals surface area contributed by atoms with Crippen molar-refractivity contribution in [2.75, 3.05) is 7.05 Å². The van der Waals surface area contributed by atoms with Crippen molar-refractivity contribution in [1.29, 1.82) is 0 Å². The molecule has 0 saturated carbocycles. The molecule has 0 aliphatic rings. The van der Waals surface area contributed by atoms with Gasteiger partial charge in [0.25, 0.3) is 0 Å². The van der Waals surface area contributed by atoms with Crippen LogP contribution in [0.3, 0.4) is 0 Å². The Balaban J connectivity index is 3.01. The minimum Gasteiger partial charge on any atom is -0.326 e. The zero-order chi connectivity index (χ0) is 13.0. The van der Waals surface area contributed by atoms with E-state index in [9.17, 15) is 0 Å². The maximum Gasteiger partial charge on any atom is 0.0498 e. The highest BCUT2D eigenvalue weighted by molar-refractivity contribution is 6.30. The van der Waals surface area contributed by atoms with Gasteiger partial charge in [0.15, 0.2) is 0 Å². The summed E-state index contributed by atoms with van der Waals surface area (Å²) in [4.78, 5) is 2.32. The van der Waals surface area contributed by atoms with Gasteiger partial charge in [-0.1, -0.05) is 30.7 Å². The maximum absolute atomic E-state index is 6.25. The molecule has 0 bridgehead atoms. The average Bonchev–Trinajstić information content (AvgIpc) is 2.31. The van der Waals surface area contributed by atoms with Gasteiger partial charge < -0.3 is 5.73 Å². The van der Waals surface area contributed by atoms with Crippen LogP contribution in [0, 0.1) is 0 Å². The van der Waals surface area contributed by atoms with Crippen LogP contribution in [0.25, 0.3) is 0 Å². The quantitative estimate of drug-likeness (QED) is 0.872. The van der Waals surface area contributed by atoms with E-state index < -0.39 is 0 Å². The summed E-state index contributed by atoms with van der Waals surface area (Å²) in [5, 5.41) is 0.768. The Bertz CT molecular complexity index is 335. The van der Waals surface area contributed by atoms with Gasteiger partial charge in [-0.05, 0) is 45.0 Å². The summed E-state index contributed by atoms with van der Waals surface area (Å²) >= 11 is 5.93. The van der Waals surface area contributed by atoms with Crippen molar-refractivity contribution in [1.82, 2.24) is 4.90 Å². The predicted molar refractivity (Wildman–Crippen MR) is 75.4 cm³/mol. The number of halogens is 1. The molecule has 2 nitrogen and oxygen atoms in total. The molecule has 0 saturated heterocycles. The second kappa shape index (κ2) is 6.39. The average molecular weight is 255 g/mol. The SMILES string of the molecule is CCC(N)C(c1ccc(Cl)cc1)N(C)C(C)C. The number of nitrogens with zero attached hydrogens (tertiary/aromatic N) is 1. The van der Waals surface area contributed by atoms with Crippen LogP contribution in [-0.4, -0.2) is 24.0 Å². The van der Waals surface area contributed by atoms with Gasteiger partial charge in [-0.25, -0.2) is 0 Å². The molecule has 0 fully saturated rings. The fourth-order valence-electron chi connectivity index (χ4n) is 1.99. The topological polar surface area (TPSA) is 29.3 Å². The molecule has 1 aromatic rings. The van der Waals surface area contributed by atoms with Gasteiger partial charge >= 0.3 is 0 Å². The predicted octanol–water partition coefficient (Wildman–Crippen LogP) is 3.46. The van der Waals surface area contributed by atoms with E-state index in [1.54, 1.807) is 0 Å². The van der Waals surface area contributed by atoms with Crippen molar-refractivity contribution < 1.29 is 0 Å². The Morgan fingerprint density at radius 1 is 1.24 bits per heavy atom. The first-order valence-corrected chi connectivity index (χ1v) is 6.58. The molecule has 0 amide bonds. The van der Waals surface area contributed by atoms with Crippen LogP contribution in [0.4, 0.5) is 0 Å². The van der Waals surface area contributed by atoms with Crippen LogP contribution in [0.5, 0.6) is 0 Å². The molecule has 0 spiro atoms. The zero-order valence-corrected chi connectivity index (χ0v) is 11.9. The molecule has 17 heavy (non-hydrogen) atoms. The Kier molecular flexibility index (Phi) is 5.44. The third kappa shape index (κ3) is 3.70. The molecule has 1 rings (SSSR count). The van der Waals surface area contributed by atoms with Crippen molar-refractivity contribution in [3.63, 3.8) is 0 Å². The Morgan fingerprint density at radius 2 is 1.76 bits per heavy atom. The van der Waals surface area contributed by atoms with Gasteiger partial charge in [0.05, 0.1) is 0 Å². The fraction of sp³-hybridized carbons (Fsp3) is 0.571. The van der Waals surface area contributed by atoms with E-state index in [1.807, 2.05) is 12.1 Å². The second-order valence-corrected chi connectivity index (χ2v) is 5.26. The lowest BCUT2D eigenvalue weighted by atomic mass is 9.96. The summed E-state index contributed by atoms with van der Waals surface area (Å²) in [5.74, 6) is 0. The van der Waals surface area contributed by atoms with Crippen LogP contribution in [-0.2, 0) is 0 Å². The van der Waals surface area contributed by atoms with E-state index in [-0.39, 0.29) is 12.1 Å². The van der Waals surface area contributed by atoms with Crippen molar-refractivity contribution in [2.24, 2.45) is 5.73 Å². The minimum atomic E-state index is 0.142. The number of hydrogen-bond acceptors (Lipinski definition) is 2. The standard InChI is InChI=1S/C14H23ClN2/c1-5-13(16)14(17(4)10(2)3)11-6-8-12(15)9-7-11/h6-10,13-14H,5,16H2,1-4H3. The van der Waals surface area contributed by atoms with E-state index in [1.165, 1.54) is 5.56 Å². The molecule has 2 N–H and O–H groups in total. The Hall–Kier alpha value is -0.570. The van der Waals surface area contributed by atoms with Crippen LogP contribution in [0.2, 0.25) is 5.02 Å². The van der Waals surface area contributed by atoms with Crippen molar-refractivity contribution >= 4 is 11.6 Å². The first-order valence-electron chi connectivity index (χ1n) is 6.20. The van der Waals surface area contributed by atoms with E-state index in [0.29, 0.717) is 6.04 Å². The lowest BCUT2D eigenvalue weighted by Gasteiger charge is -2.35. The van der Waals surface area contributed by atoms with Crippen LogP contribution >= 0.6 is 11.6 Å². The molecule has 0 aliphatic carbocycles. The van der Waals surface area contributed by atoms with Gasteiger partial charge in [-0.15, -0.1) is 0 Å². The van der Waals surface area contributed by atoms with E-state index >= 15 is 0 Å². The highest BCUT2D eigenvalue weighted by Gasteiger charge is 2.24. The third-order valence-corrected chi connectivity index (χ3v) is 3.59. The molecule has 1 aromatic carbocycles. The maximum atomic E-state index is 6.25. The summed E-state index contributed by atoms with van der Waals surface area (Å²) < 4.78 is 0. The molecule has 0 aliphatic heterocycles.